The van der Waals surface area contributed by atoms with Crippen LogP contribution in [0.2, 0.25) is 5.02 Å². The minimum Gasteiger partial charge on any atom is -0.352 e. The summed E-state index contributed by atoms with van der Waals surface area (Å²) in [4.78, 5) is 45.8. The molecule has 4 nitrogen and oxygen atoms in total. The average Bonchev–Trinajstić information content (AvgIpc) is 3.39. The van der Waals surface area contributed by atoms with Crippen LogP contribution in [0.5, 0.6) is 0 Å². The van der Waals surface area contributed by atoms with Gasteiger partial charge in [-0.3, -0.25) is 14.4 Å². The van der Waals surface area contributed by atoms with Crippen LogP contribution in [-0.2, 0) is 0 Å². The highest BCUT2D eigenvalue weighted by Crippen LogP contribution is 2.61. The molecule has 1 aliphatic carbocycles. The lowest BCUT2D eigenvalue weighted by Gasteiger charge is -2.37. The van der Waals surface area contributed by atoms with E-state index in [0.29, 0.717) is 27.3 Å². The van der Waals surface area contributed by atoms with Crippen LogP contribution in [0.4, 0.5) is 5.69 Å². The van der Waals surface area contributed by atoms with Crippen molar-refractivity contribution in [3.8, 4) is 0 Å². The summed E-state index contributed by atoms with van der Waals surface area (Å²) in [5.41, 5.74) is 3.34. The molecule has 0 N–H and O–H groups in total. The summed E-state index contributed by atoms with van der Waals surface area (Å²) in [6, 6.07) is 28.1. The Morgan fingerprint density at radius 3 is 2.18 bits per heavy atom. The van der Waals surface area contributed by atoms with Crippen molar-refractivity contribution in [2.24, 2.45) is 5.41 Å². The molecule has 0 saturated carbocycles. The minimum absolute atomic E-state index is 0.136. The summed E-state index contributed by atoms with van der Waals surface area (Å²) >= 11 is 6.49. The van der Waals surface area contributed by atoms with Gasteiger partial charge in [0.2, 0.25) is 0 Å². The van der Waals surface area contributed by atoms with Gasteiger partial charge in [-0.15, -0.1) is 0 Å². The number of anilines is 1. The molecule has 190 valence electrons. The molecule has 0 amide bonds. The Labute approximate surface area is 231 Å². The number of carbonyl (C=O) groups excluding carboxylic acids is 3. The minimum atomic E-state index is -1.52. The lowest BCUT2D eigenvalue weighted by atomic mass is 9.64. The molecule has 1 spiro atoms. The number of nitrogens with zero attached hydrogens (tertiary/aromatic N) is 1. The van der Waals surface area contributed by atoms with Crippen LogP contribution in [0, 0.1) is 12.3 Å². The number of benzene rings is 4. The molecule has 4 aromatic carbocycles. The van der Waals surface area contributed by atoms with Crippen molar-refractivity contribution in [3.05, 3.63) is 142 Å². The average molecular weight is 530 g/mol. The van der Waals surface area contributed by atoms with Gasteiger partial charge in [-0.1, -0.05) is 108 Å². The molecular formula is C34H24ClNO3. The Kier molecular flexibility index (Phi) is 5.26. The third kappa shape index (κ3) is 3.22. The van der Waals surface area contributed by atoms with Gasteiger partial charge in [0.1, 0.15) is 11.5 Å². The second-order valence-electron chi connectivity index (χ2n) is 10.6. The maximum atomic E-state index is 14.6. The molecular weight excluding hydrogens is 506 g/mol. The highest BCUT2D eigenvalue weighted by Gasteiger charge is 2.71. The second kappa shape index (κ2) is 8.62. The number of fused-ring (bicyclic) bond motifs is 5. The smallest absolute Gasteiger partial charge is 0.185 e. The standard InChI is InChI=1S/C34H24ClNO3/c1-20-13-15-22(16-14-20)31(37)30-29(23-8-6-9-24(35)19-23)34(32(38)25-10-3-4-11-26(25)33(34)39)28-18-17-21-7-2-5-12-27(21)36(28)30/h2-19,28-30H,1H3. The molecule has 0 radical (unpaired) electrons. The van der Waals surface area contributed by atoms with Crippen LogP contribution in [-0.4, -0.2) is 29.4 Å². The number of ketones is 3. The van der Waals surface area contributed by atoms with E-state index in [1.165, 1.54) is 0 Å². The van der Waals surface area contributed by atoms with E-state index >= 15 is 0 Å². The van der Waals surface area contributed by atoms with Gasteiger partial charge >= 0.3 is 0 Å². The first-order valence-electron chi connectivity index (χ1n) is 13.0. The summed E-state index contributed by atoms with van der Waals surface area (Å²) in [7, 11) is 0. The predicted molar refractivity (Wildman–Crippen MR) is 153 cm³/mol. The molecule has 7 rings (SSSR count). The Hall–Kier alpha value is -4.28. The zero-order valence-electron chi connectivity index (χ0n) is 21.2. The molecule has 3 aliphatic rings. The number of carbonyl (C=O) groups is 3. The molecule has 2 heterocycles. The van der Waals surface area contributed by atoms with E-state index in [1.807, 2.05) is 84.6 Å². The maximum absolute atomic E-state index is 14.6. The van der Waals surface area contributed by atoms with Crippen molar-refractivity contribution in [1.29, 1.82) is 0 Å². The summed E-state index contributed by atoms with van der Waals surface area (Å²) < 4.78 is 0. The number of para-hydroxylation sites is 1. The normalized spacial score (nSPS) is 22.1. The van der Waals surface area contributed by atoms with Gasteiger partial charge in [0.05, 0.1) is 6.04 Å². The molecule has 1 saturated heterocycles. The van der Waals surface area contributed by atoms with Crippen LogP contribution in [0.3, 0.4) is 0 Å². The van der Waals surface area contributed by atoms with Crippen molar-refractivity contribution in [2.75, 3.05) is 4.90 Å². The van der Waals surface area contributed by atoms with Crippen LogP contribution in [0.1, 0.15) is 53.7 Å². The van der Waals surface area contributed by atoms with Crippen molar-refractivity contribution in [1.82, 2.24) is 0 Å². The topological polar surface area (TPSA) is 54.5 Å². The van der Waals surface area contributed by atoms with Gasteiger partial charge < -0.3 is 4.90 Å². The third-order valence-corrected chi connectivity index (χ3v) is 8.76. The third-order valence-electron chi connectivity index (χ3n) is 8.53. The van der Waals surface area contributed by atoms with E-state index in [0.717, 1.165) is 16.8 Å². The van der Waals surface area contributed by atoms with Crippen LogP contribution in [0.25, 0.3) is 6.08 Å². The van der Waals surface area contributed by atoms with Gasteiger partial charge in [-0.05, 0) is 36.2 Å². The number of hydrogen-bond donors (Lipinski definition) is 0. The van der Waals surface area contributed by atoms with Crippen molar-refractivity contribution >= 4 is 40.7 Å². The number of rotatable bonds is 3. The highest BCUT2D eigenvalue weighted by molar-refractivity contribution is 6.32. The number of hydrogen-bond acceptors (Lipinski definition) is 4. The van der Waals surface area contributed by atoms with E-state index in [4.69, 9.17) is 11.6 Å². The van der Waals surface area contributed by atoms with Crippen molar-refractivity contribution in [3.63, 3.8) is 0 Å². The molecule has 4 aromatic rings. The van der Waals surface area contributed by atoms with Crippen LogP contribution in [0.15, 0.2) is 103 Å². The first kappa shape index (κ1) is 23.8. The van der Waals surface area contributed by atoms with Gasteiger partial charge in [0, 0.05) is 33.3 Å². The molecule has 0 bridgehead atoms. The second-order valence-corrected chi connectivity index (χ2v) is 11.0. The Morgan fingerprint density at radius 1 is 0.821 bits per heavy atom. The molecule has 5 heteroatoms. The maximum Gasteiger partial charge on any atom is 0.185 e. The number of aryl methyl sites for hydroxylation is 1. The predicted octanol–water partition coefficient (Wildman–Crippen LogP) is 6.96. The van der Waals surface area contributed by atoms with E-state index < -0.39 is 23.4 Å². The quantitative estimate of drug-likeness (QED) is 0.212. The lowest BCUT2D eigenvalue weighted by molar-refractivity contribution is 0.0666. The molecule has 2 aliphatic heterocycles. The van der Waals surface area contributed by atoms with Gasteiger partial charge in [0.25, 0.3) is 0 Å². The first-order chi connectivity index (χ1) is 18.9. The summed E-state index contributed by atoms with van der Waals surface area (Å²) in [5.74, 6) is -1.39. The van der Waals surface area contributed by atoms with Crippen LogP contribution >= 0.6 is 11.6 Å². The molecule has 1 fully saturated rings. The lowest BCUT2D eigenvalue weighted by Crippen LogP contribution is -2.48. The number of Topliss-reactive ketones (excluding diaryl/α,β-unsaturated/α-hetero) is 3. The summed E-state index contributed by atoms with van der Waals surface area (Å²) in [5, 5.41) is 0.486. The summed E-state index contributed by atoms with van der Waals surface area (Å²) in [6.07, 6.45) is 3.90. The fourth-order valence-electron chi connectivity index (χ4n) is 6.88. The Bertz CT molecular complexity index is 1690. The Morgan fingerprint density at radius 2 is 1.49 bits per heavy atom. The van der Waals surface area contributed by atoms with E-state index in [-0.39, 0.29) is 17.3 Å². The van der Waals surface area contributed by atoms with Gasteiger partial charge in [-0.2, -0.15) is 0 Å². The monoisotopic (exact) mass is 529 g/mol. The SMILES string of the molecule is Cc1ccc(C(=O)C2C(c3cccc(Cl)c3)C3(C(=O)c4ccccc4C3=O)C3C=Cc4ccccc4N23)cc1. The molecule has 0 aromatic heterocycles. The zero-order chi connectivity index (χ0) is 26.9. The largest absolute Gasteiger partial charge is 0.352 e. The van der Waals surface area contributed by atoms with Gasteiger partial charge in [0.15, 0.2) is 17.3 Å². The number of halogens is 1. The fraction of sp³-hybridized carbons (Fsp3) is 0.147. The summed E-state index contributed by atoms with van der Waals surface area (Å²) in [6.45, 7) is 1.97. The van der Waals surface area contributed by atoms with Crippen molar-refractivity contribution < 1.29 is 14.4 Å². The molecule has 3 unspecified atom stereocenters. The van der Waals surface area contributed by atoms with Crippen LogP contribution < -0.4 is 4.90 Å². The van der Waals surface area contributed by atoms with E-state index in [2.05, 4.69) is 0 Å². The Balaban J connectivity index is 1.55. The fourth-order valence-corrected chi connectivity index (χ4v) is 7.08. The van der Waals surface area contributed by atoms with Crippen molar-refractivity contribution in [2.45, 2.75) is 24.9 Å². The van der Waals surface area contributed by atoms with E-state index in [9.17, 15) is 14.4 Å². The highest BCUT2D eigenvalue weighted by atomic mass is 35.5. The van der Waals surface area contributed by atoms with E-state index in [1.54, 1.807) is 36.4 Å². The van der Waals surface area contributed by atoms with Gasteiger partial charge in [-0.25, -0.2) is 0 Å². The molecule has 39 heavy (non-hydrogen) atoms. The zero-order valence-corrected chi connectivity index (χ0v) is 21.9. The first-order valence-corrected chi connectivity index (χ1v) is 13.4. The molecule has 3 atom stereocenters.